The maximum atomic E-state index is 9.54. The predicted octanol–water partition coefficient (Wildman–Crippen LogP) is 1.50. The van der Waals surface area contributed by atoms with Gasteiger partial charge in [-0.2, -0.15) is 5.10 Å². The number of hydrogen-bond donors (Lipinski definition) is 2. The summed E-state index contributed by atoms with van der Waals surface area (Å²) in [5.74, 6) is 0.969. The molecular weight excluding hydrogens is 228 g/mol. The summed E-state index contributed by atoms with van der Waals surface area (Å²) in [6.07, 6.45) is 6.35. The maximum absolute atomic E-state index is 9.54. The minimum Gasteiger partial charge on any atom is -0.396 e. The second-order valence-corrected chi connectivity index (χ2v) is 5.68. The van der Waals surface area contributed by atoms with Crippen molar-refractivity contribution in [1.29, 1.82) is 0 Å². The van der Waals surface area contributed by atoms with Crippen molar-refractivity contribution >= 4 is 0 Å². The summed E-state index contributed by atoms with van der Waals surface area (Å²) in [5.41, 5.74) is 0.0999. The second kappa shape index (κ2) is 5.80. The summed E-state index contributed by atoms with van der Waals surface area (Å²) in [5, 5.41) is 17.2. The minimum absolute atomic E-state index is 0.0999. The van der Waals surface area contributed by atoms with E-state index in [-0.39, 0.29) is 12.0 Å². The Kier molecular flexibility index (Phi) is 4.35. The van der Waals surface area contributed by atoms with E-state index in [0.29, 0.717) is 6.04 Å². The van der Waals surface area contributed by atoms with Gasteiger partial charge >= 0.3 is 0 Å². The van der Waals surface area contributed by atoms with Crippen molar-refractivity contribution in [3.63, 3.8) is 0 Å². The number of hydrogen-bond acceptors (Lipinski definition) is 4. The van der Waals surface area contributed by atoms with Crippen LogP contribution in [0.1, 0.15) is 51.4 Å². The van der Waals surface area contributed by atoms with Crippen LogP contribution in [-0.2, 0) is 6.54 Å². The topological polar surface area (TPSA) is 63.0 Å². The molecule has 1 aromatic heterocycles. The Morgan fingerprint density at radius 1 is 1.44 bits per heavy atom. The Morgan fingerprint density at radius 2 is 2.17 bits per heavy atom. The van der Waals surface area contributed by atoms with Gasteiger partial charge < -0.3 is 10.4 Å². The van der Waals surface area contributed by atoms with Gasteiger partial charge in [-0.05, 0) is 26.7 Å². The van der Waals surface area contributed by atoms with Crippen molar-refractivity contribution in [2.75, 3.05) is 13.2 Å². The van der Waals surface area contributed by atoms with Crippen LogP contribution in [0.15, 0.2) is 6.33 Å². The number of aliphatic hydroxyl groups excluding tert-OH is 1. The quantitative estimate of drug-likeness (QED) is 0.805. The molecule has 0 atom stereocenters. The van der Waals surface area contributed by atoms with E-state index in [4.69, 9.17) is 0 Å². The molecule has 5 nitrogen and oxygen atoms in total. The van der Waals surface area contributed by atoms with Crippen LogP contribution in [-0.4, -0.2) is 33.0 Å². The molecule has 1 aliphatic rings. The highest BCUT2D eigenvalue weighted by molar-refractivity contribution is 4.89. The van der Waals surface area contributed by atoms with E-state index in [9.17, 15) is 5.11 Å². The Hall–Kier alpha value is -0.940. The molecule has 1 aromatic rings. The van der Waals surface area contributed by atoms with E-state index < -0.39 is 0 Å². The minimum atomic E-state index is 0.0999. The van der Waals surface area contributed by atoms with Gasteiger partial charge in [-0.3, -0.25) is 0 Å². The molecule has 0 aliphatic heterocycles. The molecule has 0 unspecified atom stereocenters. The van der Waals surface area contributed by atoms with Gasteiger partial charge in [0.25, 0.3) is 0 Å². The largest absolute Gasteiger partial charge is 0.396 e. The van der Waals surface area contributed by atoms with Gasteiger partial charge in [-0.15, -0.1) is 0 Å². The number of nitrogens with one attached hydrogen (secondary N) is 1. The van der Waals surface area contributed by atoms with Crippen LogP contribution in [0.5, 0.6) is 0 Å². The fraction of sp³-hybridized carbons (Fsp3) is 0.846. The molecule has 2 N–H and O–H groups in total. The molecule has 18 heavy (non-hydrogen) atoms. The third kappa shape index (κ3) is 2.90. The Morgan fingerprint density at radius 3 is 2.78 bits per heavy atom. The first-order valence-corrected chi connectivity index (χ1v) is 6.87. The van der Waals surface area contributed by atoms with Crippen molar-refractivity contribution in [3.8, 4) is 0 Å². The van der Waals surface area contributed by atoms with Crippen LogP contribution in [0.4, 0.5) is 0 Å². The van der Waals surface area contributed by atoms with E-state index >= 15 is 0 Å². The summed E-state index contributed by atoms with van der Waals surface area (Å²) in [6, 6.07) is 0.336. The molecule has 5 heteroatoms. The smallest absolute Gasteiger partial charge is 0.141 e. The van der Waals surface area contributed by atoms with Crippen LogP contribution in [0.2, 0.25) is 0 Å². The molecule has 0 radical (unpaired) electrons. The highest BCUT2D eigenvalue weighted by Gasteiger charge is 2.32. The maximum Gasteiger partial charge on any atom is 0.141 e. The first kappa shape index (κ1) is 13.5. The average molecular weight is 252 g/mol. The molecule has 1 aliphatic carbocycles. The lowest BCUT2D eigenvalue weighted by Crippen LogP contribution is -2.35. The molecule has 0 bridgehead atoms. The number of nitrogens with zero attached hydrogens (tertiary/aromatic N) is 3. The van der Waals surface area contributed by atoms with E-state index in [0.717, 1.165) is 31.8 Å². The first-order valence-electron chi connectivity index (χ1n) is 6.87. The Balaban J connectivity index is 1.86. The lowest BCUT2D eigenvalue weighted by molar-refractivity contribution is 0.127. The molecule has 1 fully saturated rings. The summed E-state index contributed by atoms with van der Waals surface area (Å²) >= 11 is 0. The van der Waals surface area contributed by atoms with E-state index in [1.54, 1.807) is 6.33 Å². The van der Waals surface area contributed by atoms with Crippen LogP contribution < -0.4 is 5.32 Å². The summed E-state index contributed by atoms with van der Waals surface area (Å²) < 4.78 is 1.94. The van der Waals surface area contributed by atoms with Gasteiger partial charge in [0, 0.05) is 24.6 Å². The molecule has 0 saturated heterocycles. The van der Waals surface area contributed by atoms with Crippen molar-refractivity contribution in [3.05, 3.63) is 12.2 Å². The normalized spacial score (nSPS) is 18.7. The molecule has 102 valence electrons. The monoisotopic (exact) mass is 252 g/mol. The average Bonchev–Trinajstić information content (AvgIpc) is 2.98. The van der Waals surface area contributed by atoms with E-state index in [1.807, 2.05) is 4.68 Å². The third-order valence-electron chi connectivity index (χ3n) is 3.92. The number of aliphatic hydroxyl groups is 1. The second-order valence-electron chi connectivity index (χ2n) is 5.68. The molecule has 2 rings (SSSR count). The van der Waals surface area contributed by atoms with Crippen LogP contribution in [0.25, 0.3) is 0 Å². The van der Waals surface area contributed by atoms with Crippen LogP contribution in [0, 0.1) is 5.41 Å². The lowest BCUT2D eigenvalue weighted by Gasteiger charge is -2.26. The van der Waals surface area contributed by atoms with Crippen molar-refractivity contribution in [2.45, 2.75) is 52.1 Å². The van der Waals surface area contributed by atoms with Gasteiger partial charge in [-0.25, -0.2) is 9.67 Å². The SMILES string of the molecule is CC(C)n1ncnc1CNCC1(CO)CCCC1. The highest BCUT2D eigenvalue weighted by atomic mass is 16.3. The zero-order chi connectivity index (χ0) is 13.0. The number of aromatic nitrogens is 3. The van der Waals surface area contributed by atoms with Crippen molar-refractivity contribution in [1.82, 2.24) is 20.1 Å². The summed E-state index contributed by atoms with van der Waals surface area (Å²) in [7, 11) is 0. The highest BCUT2D eigenvalue weighted by Crippen LogP contribution is 2.36. The third-order valence-corrected chi connectivity index (χ3v) is 3.92. The van der Waals surface area contributed by atoms with Crippen LogP contribution >= 0.6 is 0 Å². The molecule has 0 amide bonds. The standard InChI is InChI=1S/C13H24N4O/c1-11(2)17-12(15-10-16-17)7-14-8-13(9-18)5-3-4-6-13/h10-11,14,18H,3-9H2,1-2H3. The number of rotatable bonds is 6. The zero-order valence-corrected chi connectivity index (χ0v) is 11.4. The fourth-order valence-electron chi connectivity index (χ4n) is 2.79. The Bertz CT molecular complexity index is 369. The van der Waals surface area contributed by atoms with Gasteiger partial charge in [0.2, 0.25) is 0 Å². The summed E-state index contributed by atoms with van der Waals surface area (Å²) in [4.78, 5) is 4.28. The molecular formula is C13H24N4O. The van der Waals surface area contributed by atoms with Gasteiger partial charge in [0.15, 0.2) is 0 Å². The predicted molar refractivity (Wildman–Crippen MR) is 70.1 cm³/mol. The van der Waals surface area contributed by atoms with E-state index in [2.05, 4.69) is 29.2 Å². The summed E-state index contributed by atoms with van der Waals surface area (Å²) in [6.45, 7) is 6.08. The zero-order valence-electron chi connectivity index (χ0n) is 11.4. The van der Waals surface area contributed by atoms with Gasteiger partial charge in [0.1, 0.15) is 12.2 Å². The Labute approximate surface area is 109 Å². The van der Waals surface area contributed by atoms with Crippen molar-refractivity contribution in [2.24, 2.45) is 5.41 Å². The fourth-order valence-corrected chi connectivity index (χ4v) is 2.79. The molecule has 1 saturated carbocycles. The van der Waals surface area contributed by atoms with Crippen LogP contribution in [0.3, 0.4) is 0 Å². The van der Waals surface area contributed by atoms with Crippen molar-refractivity contribution < 1.29 is 5.11 Å². The first-order chi connectivity index (χ1) is 8.67. The molecule has 1 heterocycles. The van der Waals surface area contributed by atoms with Gasteiger partial charge in [-0.1, -0.05) is 12.8 Å². The lowest BCUT2D eigenvalue weighted by atomic mass is 9.87. The molecule has 0 aromatic carbocycles. The van der Waals surface area contributed by atoms with E-state index in [1.165, 1.54) is 12.8 Å². The molecule has 0 spiro atoms. The van der Waals surface area contributed by atoms with Gasteiger partial charge in [0.05, 0.1) is 6.54 Å².